The lowest BCUT2D eigenvalue weighted by Gasteiger charge is -2.16. The van der Waals surface area contributed by atoms with Gasteiger partial charge in [-0.05, 0) is 12.3 Å². The number of rotatable bonds is 2. The minimum atomic E-state index is -0.736. The molecule has 11 heavy (non-hydrogen) atoms. The van der Waals surface area contributed by atoms with Crippen LogP contribution in [0.4, 0.5) is 4.39 Å². The van der Waals surface area contributed by atoms with Crippen LogP contribution in [0.3, 0.4) is 0 Å². The Morgan fingerprint density at radius 3 is 2.45 bits per heavy atom. The van der Waals surface area contributed by atoms with E-state index in [1.807, 2.05) is 20.8 Å². The fourth-order valence-corrected chi connectivity index (χ4v) is 1.59. The summed E-state index contributed by atoms with van der Waals surface area (Å²) < 4.78 is 18.7. The molecule has 0 radical (unpaired) electrons. The molecule has 0 amide bonds. The van der Waals surface area contributed by atoms with Gasteiger partial charge in [-0.15, -0.1) is 0 Å². The van der Waals surface area contributed by atoms with Gasteiger partial charge < -0.3 is 4.74 Å². The molecular weight excluding hydrogens is 143 g/mol. The molecule has 0 aromatic carbocycles. The van der Waals surface area contributed by atoms with E-state index in [0.29, 0.717) is 12.3 Å². The summed E-state index contributed by atoms with van der Waals surface area (Å²) in [4.78, 5) is 0. The second-order valence-electron chi connectivity index (χ2n) is 3.63. The molecule has 0 saturated carbocycles. The first-order valence-electron chi connectivity index (χ1n) is 4.44. The van der Waals surface area contributed by atoms with Gasteiger partial charge >= 0.3 is 0 Å². The maximum absolute atomic E-state index is 13.2. The van der Waals surface area contributed by atoms with Crippen molar-refractivity contribution >= 4 is 0 Å². The SMILES string of the molecule is CC[C@H]1C[C@H](F)[C@@H](C(C)C)O1. The van der Waals surface area contributed by atoms with E-state index in [2.05, 4.69) is 0 Å². The number of alkyl halides is 1. The highest BCUT2D eigenvalue weighted by Crippen LogP contribution is 2.29. The van der Waals surface area contributed by atoms with Crippen molar-refractivity contribution in [1.82, 2.24) is 0 Å². The van der Waals surface area contributed by atoms with Crippen LogP contribution < -0.4 is 0 Å². The molecule has 1 fully saturated rings. The molecule has 0 aliphatic carbocycles. The normalized spacial score (nSPS) is 38.5. The Labute approximate surface area is 67.9 Å². The third-order valence-electron chi connectivity index (χ3n) is 2.31. The predicted octanol–water partition coefficient (Wildman–Crippen LogP) is 2.55. The fourth-order valence-electron chi connectivity index (χ4n) is 1.59. The van der Waals surface area contributed by atoms with Crippen LogP contribution in [-0.2, 0) is 4.74 Å². The summed E-state index contributed by atoms with van der Waals surface area (Å²) in [6.07, 6.45) is 0.806. The van der Waals surface area contributed by atoms with E-state index in [0.717, 1.165) is 6.42 Å². The molecule has 0 aromatic heterocycles. The highest BCUT2D eigenvalue weighted by molar-refractivity contribution is 4.83. The zero-order valence-electron chi connectivity index (χ0n) is 7.51. The van der Waals surface area contributed by atoms with Crippen LogP contribution in [0.25, 0.3) is 0 Å². The summed E-state index contributed by atoms with van der Waals surface area (Å²) in [6, 6.07) is 0. The van der Waals surface area contributed by atoms with Crippen molar-refractivity contribution in [2.45, 2.75) is 52.0 Å². The summed E-state index contributed by atoms with van der Waals surface area (Å²) >= 11 is 0. The monoisotopic (exact) mass is 160 g/mol. The minimum Gasteiger partial charge on any atom is -0.372 e. The Balaban J connectivity index is 2.45. The molecule has 1 heterocycles. The molecule has 1 aliphatic heterocycles. The average molecular weight is 160 g/mol. The van der Waals surface area contributed by atoms with Gasteiger partial charge in [0.1, 0.15) is 6.17 Å². The number of hydrogen-bond donors (Lipinski definition) is 0. The molecule has 1 rings (SSSR count). The first kappa shape index (κ1) is 8.98. The van der Waals surface area contributed by atoms with Gasteiger partial charge in [-0.25, -0.2) is 4.39 Å². The van der Waals surface area contributed by atoms with Gasteiger partial charge in [0.05, 0.1) is 12.2 Å². The lowest BCUT2D eigenvalue weighted by atomic mass is 10.0. The summed E-state index contributed by atoms with van der Waals surface area (Å²) in [7, 11) is 0. The van der Waals surface area contributed by atoms with E-state index in [4.69, 9.17) is 4.74 Å². The van der Waals surface area contributed by atoms with Gasteiger partial charge in [-0.3, -0.25) is 0 Å². The summed E-state index contributed by atoms with van der Waals surface area (Å²) in [5.41, 5.74) is 0. The van der Waals surface area contributed by atoms with Crippen molar-refractivity contribution in [3.05, 3.63) is 0 Å². The van der Waals surface area contributed by atoms with Crippen LogP contribution in [0.2, 0.25) is 0 Å². The third-order valence-corrected chi connectivity index (χ3v) is 2.31. The summed E-state index contributed by atoms with van der Waals surface area (Å²) in [5.74, 6) is 0.307. The smallest absolute Gasteiger partial charge is 0.129 e. The van der Waals surface area contributed by atoms with Crippen molar-refractivity contribution in [3.8, 4) is 0 Å². The molecule has 0 N–H and O–H groups in total. The van der Waals surface area contributed by atoms with Crippen LogP contribution in [-0.4, -0.2) is 18.4 Å². The number of halogens is 1. The molecule has 0 unspecified atom stereocenters. The Morgan fingerprint density at radius 2 is 2.18 bits per heavy atom. The maximum Gasteiger partial charge on any atom is 0.129 e. The fraction of sp³-hybridized carbons (Fsp3) is 1.00. The van der Waals surface area contributed by atoms with Crippen molar-refractivity contribution in [3.63, 3.8) is 0 Å². The van der Waals surface area contributed by atoms with Crippen LogP contribution in [0.1, 0.15) is 33.6 Å². The third kappa shape index (κ3) is 1.92. The zero-order valence-corrected chi connectivity index (χ0v) is 7.51. The van der Waals surface area contributed by atoms with Crippen molar-refractivity contribution in [2.24, 2.45) is 5.92 Å². The van der Waals surface area contributed by atoms with Gasteiger partial charge in [-0.2, -0.15) is 0 Å². The molecule has 2 heteroatoms. The first-order valence-corrected chi connectivity index (χ1v) is 4.44. The molecule has 0 bridgehead atoms. The molecule has 0 spiro atoms. The summed E-state index contributed by atoms with van der Waals surface area (Å²) in [5, 5.41) is 0. The van der Waals surface area contributed by atoms with Crippen molar-refractivity contribution < 1.29 is 9.13 Å². The van der Waals surface area contributed by atoms with Crippen LogP contribution in [0, 0.1) is 5.92 Å². The molecule has 3 atom stereocenters. The van der Waals surface area contributed by atoms with E-state index >= 15 is 0 Å². The number of ether oxygens (including phenoxy) is 1. The largest absolute Gasteiger partial charge is 0.372 e. The highest BCUT2D eigenvalue weighted by atomic mass is 19.1. The van der Waals surface area contributed by atoms with Crippen LogP contribution in [0.15, 0.2) is 0 Å². The van der Waals surface area contributed by atoms with E-state index in [1.54, 1.807) is 0 Å². The quantitative estimate of drug-likeness (QED) is 0.603. The maximum atomic E-state index is 13.2. The zero-order chi connectivity index (χ0) is 8.43. The lowest BCUT2D eigenvalue weighted by molar-refractivity contribution is 0.000182. The van der Waals surface area contributed by atoms with E-state index < -0.39 is 6.17 Å². The standard InChI is InChI=1S/C9H17FO/c1-4-7-5-8(10)9(11-7)6(2)3/h6-9H,4-5H2,1-3H3/t7-,8-,9+/m0/s1. The molecule has 1 nitrogen and oxygen atoms in total. The molecule has 66 valence electrons. The van der Waals surface area contributed by atoms with Gasteiger partial charge in [0.15, 0.2) is 0 Å². The molecular formula is C9H17FO. The Kier molecular flexibility index (Phi) is 2.88. The second-order valence-corrected chi connectivity index (χ2v) is 3.63. The Bertz CT molecular complexity index is 125. The summed E-state index contributed by atoms with van der Waals surface area (Å²) in [6.45, 7) is 6.06. The highest BCUT2D eigenvalue weighted by Gasteiger charge is 2.35. The predicted molar refractivity (Wildman–Crippen MR) is 43.3 cm³/mol. The Hall–Kier alpha value is -0.110. The van der Waals surface area contributed by atoms with E-state index in [9.17, 15) is 4.39 Å². The van der Waals surface area contributed by atoms with E-state index in [1.165, 1.54) is 0 Å². The van der Waals surface area contributed by atoms with Gasteiger partial charge in [0, 0.05) is 6.42 Å². The molecule has 1 saturated heterocycles. The molecule has 1 aliphatic rings. The second kappa shape index (κ2) is 3.53. The topological polar surface area (TPSA) is 9.23 Å². The number of hydrogen-bond acceptors (Lipinski definition) is 1. The van der Waals surface area contributed by atoms with Crippen LogP contribution in [0.5, 0.6) is 0 Å². The molecule has 0 aromatic rings. The van der Waals surface area contributed by atoms with Crippen LogP contribution >= 0.6 is 0 Å². The minimum absolute atomic E-state index is 0.153. The Morgan fingerprint density at radius 1 is 1.55 bits per heavy atom. The average Bonchev–Trinajstić information content (AvgIpc) is 2.30. The lowest BCUT2D eigenvalue weighted by Crippen LogP contribution is -2.23. The first-order chi connectivity index (χ1) is 5.15. The van der Waals surface area contributed by atoms with Crippen molar-refractivity contribution in [1.29, 1.82) is 0 Å². The van der Waals surface area contributed by atoms with Gasteiger partial charge in [-0.1, -0.05) is 20.8 Å². The van der Waals surface area contributed by atoms with E-state index in [-0.39, 0.29) is 12.2 Å². The van der Waals surface area contributed by atoms with Crippen molar-refractivity contribution in [2.75, 3.05) is 0 Å². The van der Waals surface area contributed by atoms with Gasteiger partial charge in [0.2, 0.25) is 0 Å². The van der Waals surface area contributed by atoms with Gasteiger partial charge in [0.25, 0.3) is 0 Å².